The molecule has 0 spiro atoms. The zero-order valence-electron chi connectivity index (χ0n) is 18.3. The fourth-order valence-electron chi connectivity index (χ4n) is 3.22. The van der Waals surface area contributed by atoms with Crippen molar-refractivity contribution in [3.63, 3.8) is 0 Å². The SMILES string of the molecule is COc1cccc(-c2cccn3nc(Nc4ccc(C(=O)NCC(C)(C)N)cc4)nc23)c1. The van der Waals surface area contributed by atoms with Crippen LogP contribution in [0.15, 0.2) is 66.9 Å². The molecule has 0 aliphatic heterocycles. The van der Waals surface area contributed by atoms with Gasteiger partial charge >= 0.3 is 0 Å². The van der Waals surface area contributed by atoms with Crippen LogP contribution in [0.2, 0.25) is 0 Å². The minimum Gasteiger partial charge on any atom is -0.497 e. The Balaban J connectivity index is 1.53. The van der Waals surface area contributed by atoms with Crippen molar-refractivity contribution < 1.29 is 9.53 Å². The van der Waals surface area contributed by atoms with E-state index in [1.807, 2.05) is 68.6 Å². The van der Waals surface area contributed by atoms with E-state index in [1.54, 1.807) is 23.8 Å². The number of ether oxygens (including phenoxy) is 1. The van der Waals surface area contributed by atoms with Crippen molar-refractivity contribution in [2.24, 2.45) is 5.73 Å². The number of nitrogens with zero attached hydrogens (tertiary/aromatic N) is 3. The summed E-state index contributed by atoms with van der Waals surface area (Å²) in [5, 5.41) is 10.6. The predicted octanol–water partition coefficient (Wildman–Crippen LogP) is 3.62. The van der Waals surface area contributed by atoms with E-state index in [0.717, 1.165) is 28.2 Å². The second-order valence-electron chi connectivity index (χ2n) is 8.23. The Bertz CT molecular complexity index is 1240. The third-order valence-electron chi connectivity index (χ3n) is 4.85. The van der Waals surface area contributed by atoms with Crippen LogP contribution in [0.3, 0.4) is 0 Å². The molecule has 4 N–H and O–H groups in total. The van der Waals surface area contributed by atoms with Crippen LogP contribution < -0.4 is 21.1 Å². The first-order valence-electron chi connectivity index (χ1n) is 10.3. The number of nitrogens with one attached hydrogen (secondary N) is 2. The summed E-state index contributed by atoms with van der Waals surface area (Å²) in [6.45, 7) is 4.12. The van der Waals surface area contributed by atoms with Gasteiger partial charge in [-0.25, -0.2) is 4.52 Å². The summed E-state index contributed by atoms with van der Waals surface area (Å²) in [6, 6.07) is 18.9. The number of pyridine rings is 1. The average molecular weight is 431 g/mol. The van der Waals surface area contributed by atoms with Gasteiger partial charge in [0.05, 0.1) is 7.11 Å². The smallest absolute Gasteiger partial charge is 0.251 e. The number of rotatable bonds is 7. The number of methoxy groups -OCH3 is 1. The molecule has 0 radical (unpaired) electrons. The Morgan fingerprint density at radius 2 is 1.91 bits per heavy atom. The third-order valence-corrected chi connectivity index (χ3v) is 4.85. The fourth-order valence-corrected chi connectivity index (χ4v) is 3.22. The van der Waals surface area contributed by atoms with Crippen molar-refractivity contribution in [2.45, 2.75) is 19.4 Å². The zero-order valence-corrected chi connectivity index (χ0v) is 18.3. The van der Waals surface area contributed by atoms with E-state index in [0.29, 0.717) is 18.1 Å². The van der Waals surface area contributed by atoms with Crippen molar-refractivity contribution in [3.8, 4) is 16.9 Å². The lowest BCUT2D eigenvalue weighted by Gasteiger charge is -2.18. The fraction of sp³-hybridized carbons (Fsp3) is 0.208. The molecule has 0 saturated heterocycles. The molecular formula is C24H26N6O2. The van der Waals surface area contributed by atoms with Gasteiger partial charge in [0.25, 0.3) is 5.91 Å². The van der Waals surface area contributed by atoms with E-state index in [9.17, 15) is 4.79 Å². The molecule has 32 heavy (non-hydrogen) atoms. The van der Waals surface area contributed by atoms with E-state index in [1.165, 1.54) is 0 Å². The topological polar surface area (TPSA) is 107 Å². The average Bonchev–Trinajstić information content (AvgIpc) is 3.20. The van der Waals surface area contributed by atoms with Crippen LogP contribution in [0.5, 0.6) is 5.75 Å². The number of hydrogen-bond donors (Lipinski definition) is 3. The highest BCUT2D eigenvalue weighted by molar-refractivity contribution is 5.94. The molecule has 4 aromatic rings. The Morgan fingerprint density at radius 3 is 2.62 bits per heavy atom. The molecule has 0 unspecified atom stereocenters. The lowest BCUT2D eigenvalue weighted by molar-refractivity contribution is 0.0946. The van der Waals surface area contributed by atoms with Gasteiger partial charge in [0.1, 0.15) is 5.75 Å². The Kier molecular flexibility index (Phi) is 5.79. The molecule has 0 bridgehead atoms. The summed E-state index contributed by atoms with van der Waals surface area (Å²) < 4.78 is 7.07. The van der Waals surface area contributed by atoms with Crippen molar-refractivity contribution in [3.05, 3.63) is 72.4 Å². The monoisotopic (exact) mass is 430 g/mol. The van der Waals surface area contributed by atoms with E-state index >= 15 is 0 Å². The molecule has 4 rings (SSSR count). The van der Waals surface area contributed by atoms with E-state index in [4.69, 9.17) is 10.5 Å². The number of fused-ring (bicyclic) bond motifs is 1. The molecule has 1 amide bonds. The maximum absolute atomic E-state index is 12.3. The van der Waals surface area contributed by atoms with Crippen LogP contribution in [-0.4, -0.2) is 39.7 Å². The molecule has 0 fully saturated rings. The van der Waals surface area contributed by atoms with Crippen LogP contribution >= 0.6 is 0 Å². The van der Waals surface area contributed by atoms with E-state index in [2.05, 4.69) is 20.7 Å². The molecule has 164 valence electrons. The van der Waals surface area contributed by atoms with Crippen molar-refractivity contribution in [2.75, 3.05) is 19.0 Å². The molecule has 2 aromatic heterocycles. The number of carbonyl (C=O) groups is 1. The highest BCUT2D eigenvalue weighted by Crippen LogP contribution is 2.27. The summed E-state index contributed by atoms with van der Waals surface area (Å²) in [4.78, 5) is 16.9. The number of nitrogens with two attached hydrogens (primary N) is 1. The summed E-state index contributed by atoms with van der Waals surface area (Å²) in [5.41, 5.74) is 9.45. The van der Waals surface area contributed by atoms with Gasteiger partial charge in [0.15, 0.2) is 5.65 Å². The number of carbonyl (C=O) groups excluding carboxylic acids is 1. The first kappa shape index (κ1) is 21.3. The van der Waals surface area contributed by atoms with E-state index < -0.39 is 5.54 Å². The molecule has 0 aliphatic carbocycles. The second kappa shape index (κ2) is 8.68. The van der Waals surface area contributed by atoms with Crippen LogP contribution in [0.4, 0.5) is 11.6 Å². The predicted molar refractivity (Wildman–Crippen MR) is 125 cm³/mol. The molecule has 0 aliphatic rings. The van der Waals surface area contributed by atoms with Gasteiger partial charge in [-0.05, 0) is 67.9 Å². The van der Waals surface area contributed by atoms with Crippen LogP contribution in [0.25, 0.3) is 16.8 Å². The highest BCUT2D eigenvalue weighted by Gasteiger charge is 2.14. The third kappa shape index (κ3) is 4.87. The lowest BCUT2D eigenvalue weighted by atomic mass is 10.1. The molecule has 0 saturated carbocycles. The zero-order chi connectivity index (χ0) is 22.7. The maximum Gasteiger partial charge on any atom is 0.251 e. The first-order chi connectivity index (χ1) is 15.3. The molecule has 8 heteroatoms. The van der Waals surface area contributed by atoms with Gasteiger partial charge in [0.2, 0.25) is 5.95 Å². The summed E-state index contributed by atoms with van der Waals surface area (Å²) in [5.74, 6) is 1.08. The van der Waals surface area contributed by atoms with Crippen molar-refractivity contribution in [1.82, 2.24) is 19.9 Å². The number of hydrogen-bond acceptors (Lipinski definition) is 6. The molecule has 8 nitrogen and oxygen atoms in total. The van der Waals surface area contributed by atoms with Crippen molar-refractivity contribution >= 4 is 23.2 Å². The van der Waals surface area contributed by atoms with Gasteiger partial charge in [-0.15, -0.1) is 5.10 Å². The Labute approximate surface area is 186 Å². The number of anilines is 2. The lowest BCUT2D eigenvalue weighted by Crippen LogP contribution is -2.45. The van der Waals surface area contributed by atoms with Gasteiger partial charge in [-0.1, -0.05) is 12.1 Å². The van der Waals surface area contributed by atoms with Crippen LogP contribution in [0.1, 0.15) is 24.2 Å². The van der Waals surface area contributed by atoms with Crippen LogP contribution in [-0.2, 0) is 0 Å². The quantitative estimate of drug-likeness (QED) is 0.413. The summed E-state index contributed by atoms with van der Waals surface area (Å²) in [6.07, 6.45) is 1.85. The Hall–Kier alpha value is -3.91. The van der Waals surface area contributed by atoms with Crippen LogP contribution in [0, 0.1) is 0 Å². The van der Waals surface area contributed by atoms with Gasteiger partial charge < -0.3 is 21.1 Å². The van der Waals surface area contributed by atoms with Gasteiger partial charge in [-0.3, -0.25) is 4.79 Å². The van der Waals surface area contributed by atoms with Crippen molar-refractivity contribution in [1.29, 1.82) is 0 Å². The molecule has 0 atom stereocenters. The second-order valence-corrected chi connectivity index (χ2v) is 8.23. The standard InChI is InChI=1S/C24H26N6O2/c1-24(2,25)15-26-22(31)16-9-11-18(12-10-16)27-23-28-21-20(8-5-13-30(21)29-23)17-6-4-7-19(14-17)32-3/h4-14H,15,25H2,1-3H3,(H,26,31)(H,27,29). The number of benzene rings is 2. The number of amides is 1. The van der Waals surface area contributed by atoms with Gasteiger partial charge in [0, 0.05) is 35.1 Å². The summed E-state index contributed by atoms with van der Waals surface area (Å²) in [7, 11) is 1.65. The Morgan fingerprint density at radius 1 is 1.12 bits per heavy atom. The normalized spacial score (nSPS) is 11.4. The van der Waals surface area contributed by atoms with Gasteiger partial charge in [-0.2, -0.15) is 4.98 Å². The minimum absolute atomic E-state index is 0.163. The minimum atomic E-state index is -0.463. The maximum atomic E-state index is 12.3. The molecular weight excluding hydrogens is 404 g/mol. The first-order valence-corrected chi connectivity index (χ1v) is 10.3. The number of aromatic nitrogens is 3. The summed E-state index contributed by atoms with van der Waals surface area (Å²) >= 11 is 0. The largest absolute Gasteiger partial charge is 0.497 e. The molecule has 2 heterocycles. The molecule has 2 aromatic carbocycles. The highest BCUT2D eigenvalue weighted by atomic mass is 16.5. The van der Waals surface area contributed by atoms with E-state index in [-0.39, 0.29) is 5.91 Å².